The van der Waals surface area contributed by atoms with Crippen molar-refractivity contribution in [2.24, 2.45) is 0 Å². The maximum Gasteiger partial charge on any atom is 0.364 e. The number of carbonyl (C=O) groups excluding carboxylic acids is 1. The number of esters is 1. The summed E-state index contributed by atoms with van der Waals surface area (Å²) in [5.41, 5.74) is 2.45. The number of hydrogen-bond donors (Lipinski definition) is 0. The van der Waals surface area contributed by atoms with E-state index < -0.39 is 0 Å². The lowest BCUT2D eigenvalue weighted by atomic mass is 10.0. The smallest absolute Gasteiger partial charge is 0.364 e. The fraction of sp³-hybridized carbons (Fsp3) is 0.552. The second-order valence-corrected chi connectivity index (χ2v) is 9.59. The van der Waals surface area contributed by atoms with Crippen molar-refractivity contribution in [1.82, 2.24) is 0 Å². The number of hydrogen-bond acceptors (Lipinski definition) is 3. The molecule has 0 saturated carbocycles. The van der Waals surface area contributed by atoms with Gasteiger partial charge < -0.3 is 14.0 Å². The number of carbonyl (C=O) groups is 1. The van der Waals surface area contributed by atoms with Crippen molar-refractivity contribution in [1.29, 1.82) is 0 Å². The third-order valence-corrected chi connectivity index (χ3v) is 6.43. The number of nitrogens with zero attached hydrogens (tertiary/aromatic N) is 1. The number of likely N-dealkylation sites (N-methyl/N-ethyl adjacent to an activating group) is 1. The van der Waals surface area contributed by atoms with Gasteiger partial charge in [-0.25, -0.2) is 4.79 Å². The van der Waals surface area contributed by atoms with Crippen molar-refractivity contribution >= 4 is 5.97 Å². The summed E-state index contributed by atoms with van der Waals surface area (Å²) in [4.78, 5) is 12.6. The zero-order chi connectivity index (χ0) is 23.9. The molecule has 1 atom stereocenters. The van der Waals surface area contributed by atoms with Gasteiger partial charge in [-0.05, 0) is 31.4 Å². The van der Waals surface area contributed by atoms with Crippen LogP contribution in [0.4, 0.5) is 0 Å². The normalized spacial score (nSPS) is 12.4. The molecule has 33 heavy (non-hydrogen) atoms. The lowest BCUT2D eigenvalue weighted by Crippen LogP contribution is -2.51. The largest absolute Gasteiger partial charge is 0.490 e. The van der Waals surface area contributed by atoms with E-state index in [1.54, 1.807) is 0 Å². The monoisotopic (exact) mass is 454 g/mol. The standard InChI is InChI=1S/C29H44NO3/c1-5-6-7-8-9-10-14-19-27-20-15-16-21-28(27)32-22-23-33-29(31)25(2)30(3,4)24-26-17-12-11-13-18-26/h11-13,15-18,20-21,25H,5-10,14,19,22-24H2,1-4H3/q+1. The van der Waals surface area contributed by atoms with Crippen LogP contribution in [0.1, 0.15) is 69.9 Å². The number of benzene rings is 2. The average Bonchev–Trinajstić information content (AvgIpc) is 2.81. The minimum absolute atomic E-state index is 0.184. The summed E-state index contributed by atoms with van der Waals surface area (Å²) in [6.07, 6.45) is 10.2. The van der Waals surface area contributed by atoms with Gasteiger partial charge in [0.15, 0.2) is 6.04 Å². The van der Waals surface area contributed by atoms with Gasteiger partial charge in [0.25, 0.3) is 0 Å². The van der Waals surface area contributed by atoms with Gasteiger partial charge in [0, 0.05) is 5.56 Å². The molecule has 2 aromatic carbocycles. The highest BCUT2D eigenvalue weighted by Crippen LogP contribution is 2.21. The number of ether oxygens (including phenoxy) is 2. The lowest BCUT2D eigenvalue weighted by molar-refractivity contribution is -0.917. The molecule has 2 aromatic rings. The van der Waals surface area contributed by atoms with Crippen LogP contribution < -0.4 is 4.74 Å². The summed E-state index contributed by atoms with van der Waals surface area (Å²) in [6.45, 7) is 5.60. The Labute approximate surface area is 201 Å². The van der Waals surface area contributed by atoms with Crippen molar-refractivity contribution in [3.8, 4) is 5.75 Å². The van der Waals surface area contributed by atoms with E-state index in [0.29, 0.717) is 11.1 Å². The van der Waals surface area contributed by atoms with Gasteiger partial charge in [0.1, 0.15) is 25.5 Å². The number of rotatable bonds is 16. The second-order valence-electron chi connectivity index (χ2n) is 9.59. The van der Waals surface area contributed by atoms with Gasteiger partial charge in [-0.2, -0.15) is 0 Å². The van der Waals surface area contributed by atoms with E-state index in [0.717, 1.165) is 18.7 Å². The molecule has 0 bridgehead atoms. The van der Waals surface area contributed by atoms with Crippen LogP contribution in [0.25, 0.3) is 0 Å². The molecule has 4 heteroatoms. The summed E-state index contributed by atoms with van der Waals surface area (Å²) in [6, 6.07) is 18.2. The summed E-state index contributed by atoms with van der Waals surface area (Å²) >= 11 is 0. The number of aryl methyl sites for hydroxylation is 1. The minimum atomic E-state index is -0.255. The first-order valence-corrected chi connectivity index (χ1v) is 12.7. The molecular weight excluding hydrogens is 410 g/mol. The van der Waals surface area contributed by atoms with Crippen LogP contribution in [0.5, 0.6) is 5.75 Å². The molecule has 0 amide bonds. The van der Waals surface area contributed by atoms with Crippen LogP contribution in [0.2, 0.25) is 0 Å². The van der Waals surface area contributed by atoms with E-state index in [1.807, 2.05) is 37.3 Å². The Bertz CT molecular complexity index is 804. The number of quaternary nitrogens is 1. The predicted octanol–water partition coefficient (Wildman–Crippen LogP) is 6.57. The molecule has 4 nitrogen and oxygen atoms in total. The molecule has 0 saturated heterocycles. The van der Waals surface area contributed by atoms with Gasteiger partial charge >= 0.3 is 5.97 Å². The third-order valence-electron chi connectivity index (χ3n) is 6.43. The van der Waals surface area contributed by atoms with Gasteiger partial charge in [0.2, 0.25) is 0 Å². The predicted molar refractivity (Wildman–Crippen MR) is 136 cm³/mol. The molecule has 182 valence electrons. The van der Waals surface area contributed by atoms with Gasteiger partial charge in [-0.3, -0.25) is 0 Å². The van der Waals surface area contributed by atoms with Gasteiger partial charge in [-0.15, -0.1) is 0 Å². The Kier molecular flexibility index (Phi) is 12.0. The fourth-order valence-electron chi connectivity index (χ4n) is 4.01. The Morgan fingerprint density at radius 2 is 1.48 bits per heavy atom. The Morgan fingerprint density at radius 1 is 0.848 bits per heavy atom. The van der Waals surface area contributed by atoms with Crippen molar-refractivity contribution in [2.45, 2.75) is 77.8 Å². The highest BCUT2D eigenvalue weighted by atomic mass is 16.6. The van der Waals surface area contributed by atoms with E-state index >= 15 is 0 Å². The first-order chi connectivity index (χ1) is 15.9. The summed E-state index contributed by atoms with van der Waals surface area (Å²) < 4.78 is 12.1. The molecule has 0 aliphatic heterocycles. The second kappa shape index (κ2) is 14.7. The Balaban J connectivity index is 1.71. The van der Waals surface area contributed by atoms with Crippen LogP contribution >= 0.6 is 0 Å². The Hall–Kier alpha value is -2.33. The summed E-state index contributed by atoms with van der Waals surface area (Å²) in [5, 5.41) is 0. The molecule has 1 unspecified atom stereocenters. The molecule has 0 radical (unpaired) electrons. The molecule has 0 aliphatic carbocycles. The topological polar surface area (TPSA) is 35.5 Å². The maximum atomic E-state index is 12.6. The van der Waals surface area contributed by atoms with E-state index in [1.165, 1.54) is 56.1 Å². The molecule has 0 spiro atoms. The average molecular weight is 455 g/mol. The van der Waals surface area contributed by atoms with E-state index in [2.05, 4.69) is 45.3 Å². The fourth-order valence-corrected chi connectivity index (χ4v) is 4.01. The van der Waals surface area contributed by atoms with Crippen molar-refractivity contribution < 1.29 is 18.8 Å². The first-order valence-electron chi connectivity index (χ1n) is 12.7. The van der Waals surface area contributed by atoms with Crippen LogP contribution in [0.15, 0.2) is 54.6 Å². The minimum Gasteiger partial charge on any atom is -0.490 e. The van der Waals surface area contributed by atoms with Crippen LogP contribution in [-0.4, -0.2) is 43.8 Å². The van der Waals surface area contributed by atoms with Crippen LogP contribution in [0, 0.1) is 0 Å². The first kappa shape index (κ1) is 26.9. The van der Waals surface area contributed by atoms with E-state index in [9.17, 15) is 4.79 Å². The van der Waals surface area contributed by atoms with E-state index in [-0.39, 0.29) is 18.6 Å². The van der Waals surface area contributed by atoms with E-state index in [4.69, 9.17) is 9.47 Å². The lowest BCUT2D eigenvalue weighted by Gasteiger charge is -2.34. The SMILES string of the molecule is CCCCCCCCCc1ccccc1OCCOC(=O)C(C)[N+](C)(C)Cc1ccccc1. The molecule has 0 heterocycles. The zero-order valence-corrected chi connectivity index (χ0v) is 21.2. The van der Waals surface area contributed by atoms with Crippen molar-refractivity contribution in [3.05, 3.63) is 65.7 Å². The molecule has 0 aromatic heterocycles. The highest BCUT2D eigenvalue weighted by molar-refractivity contribution is 5.74. The third kappa shape index (κ3) is 10.00. The van der Waals surface area contributed by atoms with Crippen LogP contribution in [0.3, 0.4) is 0 Å². The molecule has 0 aliphatic rings. The summed E-state index contributed by atoms with van der Waals surface area (Å²) in [7, 11) is 4.13. The molecule has 0 fully saturated rings. The molecule has 0 N–H and O–H groups in total. The van der Waals surface area contributed by atoms with Gasteiger partial charge in [0.05, 0.1) is 14.1 Å². The summed E-state index contributed by atoms with van der Waals surface area (Å²) in [5.74, 6) is 0.726. The zero-order valence-electron chi connectivity index (χ0n) is 21.2. The maximum absolute atomic E-state index is 12.6. The van der Waals surface area contributed by atoms with Crippen molar-refractivity contribution in [3.63, 3.8) is 0 Å². The molecular formula is C29H44NO3+. The van der Waals surface area contributed by atoms with Crippen molar-refractivity contribution in [2.75, 3.05) is 27.3 Å². The Morgan fingerprint density at radius 3 is 2.21 bits per heavy atom. The number of unbranched alkanes of at least 4 members (excludes halogenated alkanes) is 6. The van der Waals surface area contributed by atoms with Crippen LogP contribution in [-0.2, 0) is 22.5 Å². The number of para-hydroxylation sites is 1. The van der Waals surface area contributed by atoms with Gasteiger partial charge in [-0.1, -0.05) is 94.0 Å². The highest BCUT2D eigenvalue weighted by Gasteiger charge is 2.32. The molecule has 2 rings (SSSR count). The quantitative estimate of drug-likeness (QED) is 0.163.